The molecular formula is C16H18Cl2N6. The van der Waals surface area contributed by atoms with Gasteiger partial charge in [0, 0.05) is 10.6 Å². The number of hydrogen-bond donors (Lipinski definition) is 3. The van der Waals surface area contributed by atoms with E-state index >= 15 is 0 Å². The zero-order valence-electron chi connectivity index (χ0n) is 13.1. The molecule has 1 aliphatic rings. The summed E-state index contributed by atoms with van der Waals surface area (Å²) in [5.74, 6) is -0.0293. The fourth-order valence-corrected chi connectivity index (χ4v) is 3.25. The zero-order valence-corrected chi connectivity index (χ0v) is 14.7. The van der Waals surface area contributed by atoms with E-state index in [1.807, 2.05) is 31.2 Å². The van der Waals surface area contributed by atoms with Gasteiger partial charge in [0.2, 0.25) is 5.96 Å². The highest BCUT2D eigenvalue weighted by atomic mass is 35.5. The molecule has 6 nitrogen and oxygen atoms in total. The normalized spacial score (nSPS) is 17.8. The van der Waals surface area contributed by atoms with Crippen LogP contribution in [-0.4, -0.2) is 21.9 Å². The summed E-state index contributed by atoms with van der Waals surface area (Å²) in [4.78, 5) is 0. The van der Waals surface area contributed by atoms with Crippen LogP contribution in [0.15, 0.2) is 35.6 Å². The van der Waals surface area contributed by atoms with Gasteiger partial charge in [-0.3, -0.25) is 5.41 Å². The second-order valence-electron chi connectivity index (χ2n) is 5.56. The number of aryl methyl sites for hydroxylation is 1. The van der Waals surface area contributed by atoms with Crippen LogP contribution in [0.4, 0.5) is 0 Å². The first-order chi connectivity index (χ1) is 11.1. The van der Waals surface area contributed by atoms with Crippen LogP contribution in [0, 0.1) is 12.3 Å². The topological polar surface area (TPSA) is 100 Å². The van der Waals surface area contributed by atoms with Crippen molar-refractivity contribution in [2.24, 2.45) is 10.8 Å². The molecular weight excluding hydrogens is 347 g/mol. The van der Waals surface area contributed by atoms with Crippen molar-refractivity contribution in [2.45, 2.75) is 25.7 Å². The Kier molecular flexibility index (Phi) is 5.75. The monoisotopic (exact) mass is 364 g/mol. The highest BCUT2D eigenvalue weighted by Gasteiger charge is 2.28. The Morgan fingerprint density at radius 1 is 1.38 bits per heavy atom. The van der Waals surface area contributed by atoms with E-state index in [1.54, 1.807) is 6.20 Å². The highest BCUT2D eigenvalue weighted by molar-refractivity contribution is 6.31. The van der Waals surface area contributed by atoms with Crippen molar-refractivity contribution in [1.29, 1.82) is 5.41 Å². The standard InChI is InChI=1S/C16H17ClN6.ClH/c1-9-8-20-21-13-6-10(11-4-2-3-5-12(11)17)7-14(15(9)13)22-23-16(18)19;/h2-5,8,10H,6-7H2,1H3,(H4,18,19,23);1H/b22-14+;. The molecule has 8 heteroatoms. The van der Waals surface area contributed by atoms with E-state index in [-0.39, 0.29) is 24.3 Å². The molecule has 2 aromatic rings. The van der Waals surface area contributed by atoms with Gasteiger partial charge in [0.15, 0.2) is 0 Å². The maximum Gasteiger partial charge on any atom is 0.206 e. The van der Waals surface area contributed by atoms with Crippen LogP contribution in [0.1, 0.15) is 34.7 Å². The Morgan fingerprint density at radius 2 is 2.12 bits per heavy atom. The summed E-state index contributed by atoms with van der Waals surface area (Å²) in [7, 11) is 0. The van der Waals surface area contributed by atoms with Gasteiger partial charge in [-0.2, -0.15) is 15.3 Å². The minimum Gasteiger partial charge on any atom is -0.369 e. The fraction of sp³-hybridized carbons (Fsp3) is 0.250. The number of hydrazone groups is 1. The molecule has 0 saturated heterocycles. The third-order valence-corrected chi connectivity index (χ3v) is 4.28. The van der Waals surface area contributed by atoms with Crippen LogP contribution in [0.2, 0.25) is 5.02 Å². The maximum absolute atomic E-state index is 7.31. The van der Waals surface area contributed by atoms with Gasteiger partial charge >= 0.3 is 0 Å². The number of nitrogens with one attached hydrogen (secondary N) is 2. The third-order valence-electron chi connectivity index (χ3n) is 3.94. The highest BCUT2D eigenvalue weighted by Crippen LogP contribution is 2.36. The number of halogens is 2. The minimum atomic E-state index is -0.196. The summed E-state index contributed by atoms with van der Waals surface area (Å²) in [6.45, 7) is 1.98. The number of hydrogen-bond acceptors (Lipinski definition) is 4. The van der Waals surface area contributed by atoms with Crippen LogP contribution in [-0.2, 0) is 6.42 Å². The van der Waals surface area contributed by atoms with E-state index in [9.17, 15) is 0 Å². The van der Waals surface area contributed by atoms with E-state index < -0.39 is 0 Å². The van der Waals surface area contributed by atoms with Crippen LogP contribution in [0.25, 0.3) is 0 Å². The summed E-state index contributed by atoms with van der Waals surface area (Å²) in [5, 5.41) is 20.7. The van der Waals surface area contributed by atoms with E-state index in [1.165, 1.54) is 0 Å². The average Bonchev–Trinajstić information content (AvgIpc) is 2.53. The van der Waals surface area contributed by atoms with Crippen molar-refractivity contribution >= 4 is 35.7 Å². The fourth-order valence-electron chi connectivity index (χ4n) is 2.96. The average molecular weight is 365 g/mol. The molecule has 0 saturated carbocycles. The van der Waals surface area contributed by atoms with Gasteiger partial charge in [-0.1, -0.05) is 29.8 Å². The van der Waals surface area contributed by atoms with Gasteiger partial charge in [0.25, 0.3) is 0 Å². The van der Waals surface area contributed by atoms with Crippen molar-refractivity contribution in [3.05, 3.63) is 57.9 Å². The molecule has 1 heterocycles. The smallest absolute Gasteiger partial charge is 0.206 e. The van der Waals surface area contributed by atoms with Crippen molar-refractivity contribution in [1.82, 2.24) is 15.6 Å². The Bertz CT molecular complexity index is 790. The van der Waals surface area contributed by atoms with Gasteiger partial charge in [0.1, 0.15) is 0 Å². The Hall–Kier alpha value is -2.18. The van der Waals surface area contributed by atoms with Gasteiger partial charge in [-0.05, 0) is 42.9 Å². The van der Waals surface area contributed by atoms with E-state index in [2.05, 4.69) is 20.7 Å². The number of aromatic nitrogens is 2. The second-order valence-corrected chi connectivity index (χ2v) is 5.97. The first kappa shape index (κ1) is 18.2. The van der Waals surface area contributed by atoms with Crippen LogP contribution < -0.4 is 11.2 Å². The summed E-state index contributed by atoms with van der Waals surface area (Å²) >= 11 is 6.35. The third kappa shape index (κ3) is 3.66. The Labute approximate surface area is 151 Å². The predicted octanol–water partition coefficient (Wildman–Crippen LogP) is 2.78. The summed E-state index contributed by atoms with van der Waals surface area (Å²) in [6, 6.07) is 7.80. The van der Waals surface area contributed by atoms with Crippen LogP contribution >= 0.6 is 24.0 Å². The number of rotatable bonds is 2. The minimum absolute atomic E-state index is 0. The summed E-state index contributed by atoms with van der Waals surface area (Å²) < 4.78 is 0. The molecule has 1 aliphatic carbocycles. The van der Waals surface area contributed by atoms with Gasteiger partial charge in [0.05, 0.1) is 17.6 Å². The largest absolute Gasteiger partial charge is 0.369 e. The van der Waals surface area contributed by atoms with Gasteiger partial charge in [-0.15, -0.1) is 12.4 Å². The summed E-state index contributed by atoms with van der Waals surface area (Å²) in [5.41, 5.74) is 12.7. The molecule has 126 valence electrons. The SMILES string of the molecule is Cc1cnnc2c1/C(=N/NC(=N)N)CC(c1ccccc1Cl)C2.Cl. The lowest BCUT2D eigenvalue weighted by Gasteiger charge is -2.26. The van der Waals surface area contributed by atoms with E-state index in [4.69, 9.17) is 22.7 Å². The van der Waals surface area contributed by atoms with E-state index in [0.29, 0.717) is 6.42 Å². The molecule has 4 N–H and O–H groups in total. The molecule has 0 amide bonds. The lowest BCUT2D eigenvalue weighted by Crippen LogP contribution is -2.30. The molecule has 1 aromatic carbocycles. The van der Waals surface area contributed by atoms with Crippen molar-refractivity contribution in [2.75, 3.05) is 0 Å². The predicted molar refractivity (Wildman–Crippen MR) is 98.1 cm³/mol. The molecule has 3 rings (SSSR count). The lowest BCUT2D eigenvalue weighted by molar-refractivity contribution is 0.663. The first-order valence-electron chi connectivity index (χ1n) is 7.28. The molecule has 0 bridgehead atoms. The molecule has 0 aliphatic heterocycles. The summed E-state index contributed by atoms with van der Waals surface area (Å²) in [6.07, 6.45) is 3.17. The zero-order chi connectivity index (χ0) is 16.4. The molecule has 0 fully saturated rings. The molecule has 1 unspecified atom stereocenters. The first-order valence-corrected chi connectivity index (χ1v) is 7.66. The number of benzene rings is 1. The molecule has 0 spiro atoms. The number of nitrogens with two attached hydrogens (primary N) is 1. The van der Waals surface area contributed by atoms with Gasteiger partial charge in [-0.25, -0.2) is 5.43 Å². The molecule has 1 aromatic heterocycles. The number of guanidine groups is 1. The van der Waals surface area contributed by atoms with Crippen molar-refractivity contribution in [3.8, 4) is 0 Å². The molecule has 24 heavy (non-hydrogen) atoms. The van der Waals surface area contributed by atoms with Crippen LogP contribution in [0.5, 0.6) is 0 Å². The quantitative estimate of drug-likeness (QED) is 0.433. The molecule has 1 atom stereocenters. The van der Waals surface area contributed by atoms with Gasteiger partial charge < -0.3 is 5.73 Å². The maximum atomic E-state index is 7.31. The number of nitrogens with zero attached hydrogens (tertiary/aromatic N) is 3. The van der Waals surface area contributed by atoms with E-state index in [0.717, 1.165) is 39.5 Å². The molecule has 0 radical (unpaired) electrons. The second kappa shape index (κ2) is 7.59. The number of fused-ring (bicyclic) bond motifs is 1. The van der Waals surface area contributed by atoms with Crippen LogP contribution in [0.3, 0.4) is 0 Å². The Morgan fingerprint density at radius 3 is 2.83 bits per heavy atom. The lowest BCUT2D eigenvalue weighted by atomic mass is 9.80. The van der Waals surface area contributed by atoms with Crippen molar-refractivity contribution in [3.63, 3.8) is 0 Å². The van der Waals surface area contributed by atoms with Crippen molar-refractivity contribution < 1.29 is 0 Å². The Balaban J connectivity index is 0.00000208.